The minimum atomic E-state index is -0.936. The summed E-state index contributed by atoms with van der Waals surface area (Å²) in [5.74, 6) is -3.47. The number of carbonyl (C=O) groups is 3. The summed E-state index contributed by atoms with van der Waals surface area (Å²) in [6.45, 7) is 3.95. The first-order chi connectivity index (χ1) is 15.3. The predicted octanol–water partition coefficient (Wildman–Crippen LogP) is 5.11. The third-order valence-electron chi connectivity index (χ3n) is 6.60. The number of esters is 1. The number of carbonyl (C=O) groups excluding carboxylic acids is 2. The van der Waals surface area contributed by atoms with Gasteiger partial charge in [-0.1, -0.05) is 19.1 Å². The molecule has 1 aromatic heterocycles. The maximum absolute atomic E-state index is 13.5. The minimum absolute atomic E-state index is 0.0297. The van der Waals surface area contributed by atoms with Gasteiger partial charge < -0.3 is 15.2 Å². The number of rotatable bonds is 7. The van der Waals surface area contributed by atoms with Crippen LogP contribution in [0.4, 0.5) is 9.39 Å². The molecule has 2 aromatic rings. The molecule has 4 rings (SSSR count). The first-order valence-electron chi connectivity index (χ1n) is 10.9. The van der Waals surface area contributed by atoms with Gasteiger partial charge in [0.1, 0.15) is 16.4 Å². The molecule has 6 nitrogen and oxygen atoms in total. The first kappa shape index (κ1) is 22.5. The van der Waals surface area contributed by atoms with Crippen LogP contribution in [0.15, 0.2) is 24.3 Å². The Balaban J connectivity index is 1.69. The van der Waals surface area contributed by atoms with E-state index in [1.54, 1.807) is 12.1 Å². The Kier molecular flexibility index (Phi) is 6.33. The molecule has 2 bridgehead atoms. The summed E-state index contributed by atoms with van der Waals surface area (Å²) in [6, 6.07) is 5.81. The van der Waals surface area contributed by atoms with Crippen LogP contribution in [0, 0.1) is 36.4 Å². The molecule has 4 unspecified atom stereocenters. The van der Waals surface area contributed by atoms with E-state index in [2.05, 4.69) is 5.32 Å². The monoisotopic (exact) mass is 459 g/mol. The standard InChI is InChI=1S/C24H26FNO5S/c1-3-10-31-24(30)20-17(13-6-8-16(25)9-7-13)12(2)32-22(20)26-21(27)18-14-4-5-15(11-14)19(18)23(28)29/h6-9,14-15,18-19H,3-5,10-11H2,1-2H3,(H,26,27)(H,28,29). The van der Waals surface area contributed by atoms with Gasteiger partial charge in [0.05, 0.1) is 18.4 Å². The van der Waals surface area contributed by atoms with Crippen LogP contribution in [0.25, 0.3) is 11.1 Å². The molecule has 4 atom stereocenters. The largest absolute Gasteiger partial charge is 0.481 e. The van der Waals surface area contributed by atoms with Gasteiger partial charge in [-0.25, -0.2) is 9.18 Å². The van der Waals surface area contributed by atoms with Gasteiger partial charge in [-0.2, -0.15) is 0 Å². The summed E-state index contributed by atoms with van der Waals surface area (Å²) in [4.78, 5) is 38.8. The molecule has 8 heteroatoms. The molecule has 1 aromatic carbocycles. The number of carboxylic acid groups (broad SMARTS) is 1. The summed E-state index contributed by atoms with van der Waals surface area (Å²) in [6.07, 6.45) is 3.09. The number of aliphatic carboxylic acids is 1. The number of amides is 1. The van der Waals surface area contributed by atoms with Gasteiger partial charge in [0.25, 0.3) is 0 Å². The second kappa shape index (κ2) is 9.02. The number of carboxylic acids is 1. The van der Waals surface area contributed by atoms with Crippen molar-refractivity contribution in [1.29, 1.82) is 0 Å². The molecular formula is C24H26FNO5S. The van der Waals surface area contributed by atoms with Gasteiger partial charge in [-0.3, -0.25) is 9.59 Å². The topological polar surface area (TPSA) is 92.7 Å². The van der Waals surface area contributed by atoms with Crippen LogP contribution in [-0.2, 0) is 14.3 Å². The van der Waals surface area contributed by atoms with Crippen molar-refractivity contribution in [3.8, 4) is 11.1 Å². The molecule has 1 heterocycles. The van der Waals surface area contributed by atoms with Gasteiger partial charge in [-0.05, 0) is 62.1 Å². The molecule has 0 radical (unpaired) electrons. The second-order valence-corrected chi connectivity index (χ2v) is 9.82. The van der Waals surface area contributed by atoms with Crippen molar-refractivity contribution >= 4 is 34.2 Å². The zero-order valence-corrected chi connectivity index (χ0v) is 18.8. The molecule has 0 spiro atoms. The van der Waals surface area contributed by atoms with Crippen molar-refractivity contribution in [2.45, 2.75) is 39.5 Å². The highest BCUT2D eigenvalue weighted by atomic mass is 32.1. The van der Waals surface area contributed by atoms with Crippen LogP contribution in [0.2, 0.25) is 0 Å². The zero-order chi connectivity index (χ0) is 23.0. The van der Waals surface area contributed by atoms with E-state index in [9.17, 15) is 23.9 Å². The van der Waals surface area contributed by atoms with Crippen molar-refractivity contribution in [2.24, 2.45) is 23.7 Å². The number of hydrogen-bond acceptors (Lipinski definition) is 5. The maximum atomic E-state index is 13.5. The van der Waals surface area contributed by atoms with Gasteiger partial charge in [-0.15, -0.1) is 11.3 Å². The fourth-order valence-corrected chi connectivity index (χ4v) is 6.34. The lowest BCUT2D eigenvalue weighted by molar-refractivity contribution is -0.148. The molecule has 1 amide bonds. The molecule has 170 valence electrons. The van der Waals surface area contributed by atoms with Crippen LogP contribution in [0.5, 0.6) is 0 Å². The number of nitrogens with one attached hydrogen (secondary N) is 1. The summed E-state index contributed by atoms with van der Waals surface area (Å²) < 4.78 is 18.8. The fraction of sp³-hybridized carbons (Fsp3) is 0.458. The van der Waals surface area contributed by atoms with Gasteiger partial charge >= 0.3 is 11.9 Å². The Morgan fingerprint density at radius 2 is 1.81 bits per heavy atom. The molecule has 2 N–H and O–H groups in total. The molecular weight excluding hydrogens is 433 g/mol. The second-order valence-electron chi connectivity index (χ2n) is 8.59. The van der Waals surface area contributed by atoms with Crippen molar-refractivity contribution in [2.75, 3.05) is 11.9 Å². The Morgan fingerprint density at radius 1 is 1.16 bits per heavy atom. The lowest BCUT2D eigenvalue weighted by Crippen LogP contribution is -2.38. The van der Waals surface area contributed by atoms with Crippen molar-refractivity contribution in [3.63, 3.8) is 0 Å². The van der Waals surface area contributed by atoms with Crippen LogP contribution >= 0.6 is 11.3 Å². The minimum Gasteiger partial charge on any atom is -0.481 e. The quantitative estimate of drug-likeness (QED) is 0.561. The highest BCUT2D eigenvalue weighted by Gasteiger charge is 2.54. The average molecular weight is 460 g/mol. The zero-order valence-electron chi connectivity index (χ0n) is 18.0. The molecule has 2 aliphatic carbocycles. The van der Waals surface area contributed by atoms with Gasteiger partial charge in [0.15, 0.2) is 0 Å². The maximum Gasteiger partial charge on any atom is 0.341 e. The highest BCUT2D eigenvalue weighted by molar-refractivity contribution is 7.17. The lowest BCUT2D eigenvalue weighted by Gasteiger charge is -2.27. The van der Waals surface area contributed by atoms with E-state index in [0.29, 0.717) is 22.5 Å². The van der Waals surface area contributed by atoms with E-state index in [1.807, 2.05) is 13.8 Å². The number of halogens is 1. The van der Waals surface area contributed by atoms with E-state index >= 15 is 0 Å². The van der Waals surface area contributed by atoms with Gasteiger partial charge in [0.2, 0.25) is 5.91 Å². The smallest absolute Gasteiger partial charge is 0.341 e. The predicted molar refractivity (Wildman–Crippen MR) is 119 cm³/mol. The lowest BCUT2D eigenvalue weighted by atomic mass is 9.78. The summed E-state index contributed by atoms with van der Waals surface area (Å²) in [5, 5.41) is 12.9. The molecule has 2 aliphatic rings. The highest BCUT2D eigenvalue weighted by Crippen LogP contribution is 2.53. The normalized spacial score (nSPS) is 23.8. The number of ether oxygens (including phenoxy) is 1. The Hall–Kier alpha value is -2.74. The van der Waals surface area contributed by atoms with Crippen LogP contribution in [0.3, 0.4) is 0 Å². The van der Waals surface area contributed by atoms with Crippen molar-refractivity contribution in [1.82, 2.24) is 0 Å². The van der Waals surface area contributed by atoms with Gasteiger partial charge in [0, 0.05) is 10.4 Å². The van der Waals surface area contributed by atoms with E-state index in [4.69, 9.17) is 4.74 Å². The van der Waals surface area contributed by atoms with E-state index in [0.717, 1.165) is 24.1 Å². The first-order valence-corrected chi connectivity index (χ1v) is 11.7. The van der Waals surface area contributed by atoms with E-state index in [-0.39, 0.29) is 35.7 Å². The SMILES string of the molecule is CCCOC(=O)c1c(NC(=O)C2C3CCC(C3)C2C(=O)O)sc(C)c1-c1ccc(F)cc1. The molecule has 32 heavy (non-hydrogen) atoms. The summed E-state index contributed by atoms with van der Waals surface area (Å²) in [7, 11) is 0. The number of fused-ring (bicyclic) bond motifs is 2. The molecule has 2 saturated carbocycles. The third-order valence-corrected chi connectivity index (χ3v) is 7.62. The molecule has 2 fully saturated rings. The number of thiophene rings is 1. The molecule has 0 saturated heterocycles. The number of hydrogen-bond donors (Lipinski definition) is 2. The summed E-state index contributed by atoms with van der Waals surface area (Å²) in [5.41, 5.74) is 1.47. The van der Waals surface area contributed by atoms with Crippen LogP contribution < -0.4 is 5.32 Å². The molecule has 0 aliphatic heterocycles. The van der Waals surface area contributed by atoms with E-state index < -0.39 is 23.8 Å². The van der Waals surface area contributed by atoms with E-state index in [1.165, 1.54) is 23.5 Å². The van der Waals surface area contributed by atoms with Crippen LogP contribution in [-0.4, -0.2) is 29.6 Å². The number of aryl methyl sites for hydroxylation is 1. The average Bonchev–Trinajstić information content (AvgIpc) is 3.45. The van der Waals surface area contributed by atoms with Crippen LogP contribution in [0.1, 0.15) is 47.8 Å². The number of anilines is 1. The van der Waals surface area contributed by atoms with Crippen molar-refractivity contribution < 1.29 is 28.6 Å². The Labute approximate surface area is 189 Å². The Bertz CT molecular complexity index is 1050. The fourth-order valence-electron chi connectivity index (χ4n) is 5.28. The Morgan fingerprint density at radius 3 is 2.44 bits per heavy atom. The third kappa shape index (κ3) is 4.03. The summed E-state index contributed by atoms with van der Waals surface area (Å²) >= 11 is 1.24. The van der Waals surface area contributed by atoms with Crippen molar-refractivity contribution in [3.05, 3.63) is 40.5 Å². The number of benzene rings is 1.